The molecule has 0 radical (unpaired) electrons. The monoisotopic (exact) mass is 415 g/mol. The third-order valence-corrected chi connectivity index (χ3v) is 6.19. The molecule has 0 aliphatic carbocycles. The summed E-state index contributed by atoms with van der Waals surface area (Å²) >= 11 is 12.1. The summed E-state index contributed by atoms with van der Waals surface area (Å²) in [5, 5.41) is 0.250. The van der Waals surface area contributed by atoms with E-state index in [1.807, 2.05) is 6.07 Å². The van der Waals surface area contributed by atoms with Gasteiger partial charge in [-0.3, -0.25) is 9.10 Å². The van der Waals surface area contributed by atoms with Crippen molar-refractivity contribution < 1.29 is 17.9 Å². The van der Waals surface area contributed by atoms with Gasteiger partial charge in [-0.05, 0) is 50.1 Å². The van der Waals surface area contributed by atoms with Gasteiger partial charge in [-0.25, -0.2) is 8.42 Å². The van der Waals surface area contributed by atoms with Gasteiger partial charge in [0, 0.05) is 5.02 Å². The highest BCUT2D eigenvalue weighted by Gasteiger charge is 2.31. The zero-order valence-corrected chi connectivity index (χ0v) is 17.0. The van der Waals surface area contributed by atoms with Crippen molar-refractivity contribution in [2.75, 3.05) is 17.5 Å². The predicted molar refractivity (Wildman–Crippen MR) is 104 cm³/mol. The molecule has 0 N–H and O–H groups in total. The molecule has 0 aromatic heterocycles. The molecule has 0 aliphatic rings. The molecule has 2 aromatic rings. The molecule has 2 aromatic carbocycles. The molecule has 140 valence electrons. The fraction of sp³-hybridized carbons (Fsp3) is 0.278. The van der Waals surface area contributed by atoms with Gasteiger partial charge in [-0.2, -0.15) is 0 Å². The summed E-state index contributed by atoms with van der Waals surface area (Å²) in [4.78, 5) is 11.9. The average molecular weight is 416 g/mol. The van der Waals surface area contributed by atoms with E-state index in [9.17, 15) is 13.2 Å². The first kappa shape index (κ1) is 20.6. The van der Waals surface area contributed by atoms with Crippen molar-refractivity contribution in [2.45, 2.75) is 25.7 Å². The number of hydrogen-bond acceptors (Lipinski definition) is 4. The van der Waals surface area contributed by atoms with Crippen LogP contribution in [0.4, 0.5) is 5.69 Å². The second-order valence-corrected chi connectivity index (χ2v) is 8.31. The number of carbonyl (C=O) groups excluding carboxylic acids is 1. The second-order valence-electron chi connectivity index (χ2n) is 5.63. The smallest absolute Gasteiger partial charge is 0.326 e. The fourth-order valence-corrected chi connectivity index (χ4v) is 4.88. The lowest BCUT2D eigenvalue weighted by molar-refractivity contribution is -0.141. The van der Waals surface area contributed by atoms with Gasteiger partial charge in [0.1, 0.15) is 11.4 Å². The minimum atomic E-state index is -4.15. The highest BCUT2D eigenvalue weighted by atomic mass is 35.5. The molecule has 0 saturated carbocycles. The molecule has 0 unspecified atom stereocenters. The van der Waals surface area contributed by atoms with Crippen LogP contribution in [-0.2, 0) is 19.6 Å². The fourth-order valence-electron chi connectivity index (χ4n) is 2.60. The lowest BCUT2D eigenvalue weighted by atomic mass is 10.1. The lowest BCUT2D eigenvalue weighted by Crippen LogP contribution is -2.37. The summed E-state index contributed by atoms with van der Waals surface area (Å²) in [5.74, 6) is -0.656. The molecular weight excluding hydrogens is 397 g/mol. The molecule has 26 heavy (non-hydrogen) atoms. The van der Waals surface area contributed by atoms with Gasteiger partial charge < -0.3 is 4.74 Å². The Hall–Kier alpha value is -1.76. The summed E-state index contributed by atoms with van der Waals surface area (Å²) in [6.07, 6.45) is 0. The Morgan fingerprint density at radius 3 is 2.31 bits per heavy atom. The number of rotatable bonds is 6. The number of carbonyl (C=O) groups is 1. The van der Waals surface area contributed by atoms with Gasteiger partial charge in [-0.15, -0.1) is 0 Å². The van der Waals surface area contributed by atoms with Gasteiger partial charge in [0.25, 0.3) is 10.0 Å². The van der Waals surface area contributed by atoms with Crippen molar-refractivity contribution in [2.24, 2.45) is 0 Å². The summed E-state index contributed by atoms with van der Waals surface area (Å²) in [5.41, 5.74) is 1.82. The van der Waals surface area contributed by atoms with Crippen molar-refractivity contribution in [3.8, 4) is 0 Å². The van der Waals surface area contributed by atoms with Crippen LogP contribution < -0.4 is 4.31 Å². The predicted octanol–water partition coefficient (Wildman–Crippen LogP) is 4.37. The Morgan fingerprint density at radius 2 is 1.73 bits per heavy atom. The van der Waals surface area contributed by atoms with E-state index in [0.717, 1.165) is 4.31 Å². The Morgan fingerprint density at radius 1 is 1.12 bits per heavy atom. The summed E-state index contributed by atoms with van der Waals surface area (Å²) in [6.45, 7) is 4.89. The maximum Gasteiger partial charge on any atom is 0.326 e. The average Bonchev–Trinajstić information content (AvgIpc) is 2.56. The van der Waals surface area contributed by atoms with E-state index in [2.05, 4.69) is 0 Å². The maximum atomic E-state index is 13.3. The van der Waals surface area contributed by atoms with E-state index in [4.69, 9.17) is 27.9 Å². The number of esters is 1. The molecule has 0 amide bonds. The van der Waals surface area contributed by atoms with E-state index < -0.39 is 22.5 Å². The molecule has 8 heteroatoms. The van der Waals surface area contributed by atoms with Crippen LogP contribution in [-0.4, -0.2) is 27.5 Å². The van der Waals surface area contributed by atoms with E-state index in [1.165, 1.54) is 18.2 Å². The largest absolute Gasteiger partial charge is 0.465 e. The SMILES string of the molecule is CCOC(=O)CN(c1c(C)cccc1C)S(=O)(=O)c1cc(Cl)ccc1Cl. The van der Waals surface area contributed by atoms with Crippen LogP contribution >= 0.6 is 23.2 Å². The molecule has 0 saturated heterocycles. The number of para-hydroxylation sites is 1. The van der Waals surface area contributed by atoms with Crippen molar-refractivity contribution in [3.05, 3.63) is 57.6 Å². The Labute approximate surface area is 163 Å². The van der Waals surface area contributed by atoms with Crippen molar-refractivity contribution >= 4 is 44.9 Å². The number of sulfonamides is 1. The quantitative estimate of drug-likeness (QED) is 0.656. The second kappa shape index (κ2) is 8.29. The van der Waals surface area contributed by atoms with Gasteiger partial charge in [0.05, 0.1) is 17.3 Å². The van der Waals surface area contributed by atoms with Crippen molar-refractivity contribution in [3.63, 3.8) is 0 Å². The van der Waals surface area contributed by atoms with E-state index in [-0.39, 0.29) is 21.5 Å². The summed E-state index contributed by atoms with van der Waals surface area (Å²) in [7, 11) is -4.15. The molecule has 5 nitrogen and oxygen atoms in total. The number of benzene rings is 2. The molecule has 2 rings (SSSR count). The molecule has 0 heterocycles. The van der Waals surface area contributed by atoms with E-state index in [0.29, 0.717) is 16.8 Å². The molecule has 0 fully saturated rings. The standard InChI is InChI=1S/C18H19Cl2NO4S/c1-4-25-17(22)11-21(18-12(2)6-5-7-13(18)3)26(23,24)16-10-14(19)8-9-15(16)20/h5-10H,4,11H2,1-3H3. The number of nitrogens with zero attached hydrogens (tertiary/aromatic N) is 1. The molecule has 0 bridgehead atoms. The minimum absolute atomic E-state index is 0.0227. The van der Waals surface area contributed by atoms with Gasteiger partial charge in [0.15, 0.2) is 0 Å². The van der Waals surface area contributed by atoms with Gasteiger partial charge >= 0.3 is 5.97 Å². The van der Waals surface area contributed by atoms with Crippen molar-refractivity contribution in [1.29, 1.82) is 0 Å². The highest BCUT2D eigenvalue weighted by Crippen LogP contribution is 2.33. The lowest BCUT2D eigenvalue weighted by Gasteiger charge is -2.27. The molecule has 0 spiro atoms. The zero-order chi connectivity index (χ0) is 19.5. The number of anilines is 1. The first-order valence-corrected chi connectivity index (χ1v) is 10.1. The summed E-state index contributed by atoms with van der Waals surface area (Å²) in [6, 6.07) is 9.54. The van der Waals surface area contributed by atoms with E-state index in [1.54, 1.807) is 32.9 Å². The highest BCUT2D eigenvalue weighted by molar-refractivity contribution is 7.93. The topological polar surface area (TPSA) is 63.7 Å². The summed E-state index contributed by atoms with van der Waals surface area (Å²) < 4.78 is 32.6. The zero-order valence-electron chi connectivity index (χ0n) is 14.6. The molecule has 0 aliphatic heterocycles. The number of hydrogen-bond donors (Lipinski definition) is 0. The van der Waals surface area contributed by atoms with E-state index >= 15 is 0 Å². The van der Waals surface area contributed by atoms with Crippen LogP contribution in [0.3, 0.4) is 0 Å². The Kier molecular flexibility index (Phi) is 6.55. The van der Waals surface area contributed by atoms with Crippen LogP contribution in [0.25, 0.3) is 0 Å². The van der Waals surface area contributed by atoms with Crippen LogP contribution in [0, 0.1) is 13.8 Å². The molecular formula is C18H19Cl2NO4S. The van der Waals surface area contributed by atoms with Gasteiger partial charge in [0.2, 0.25) is 0 Å². The van der Waals surface area contributed by atoms with Crippen molar-refractivity contribution in [1.82, 2.24) is 0 Å². The minimum Gasteiger partial charge on any atom is -0.465 e. The maximum absolute atomic E-state index is 13.3. The Bertz CT molecular complexity index is 909. The third-order valence-electron chi connectivity index (χ3n) is 3.73. The number of ether oxygens (including phenoxy) is 1. The van der Waals surface area contributed by atoms with Crippen LogP contribution in [0.1, 0.15) is 18.1 Å². The normalized spacial score (nSPS) is 11.3. The Balaban J connectivity index is 2.67. The third kappa shape index (κ3) is 4.31. The molecule has 0 atom stereocenters. The number of halogens is 2. The van der Waals surface area contributed by atoms with Crippen LogP contribution in [0.5, 0.6) is 0 Å². The van der Waals surface area contributed by atoms with Crippen LogP contribution in [0.2, 0.25) is 10.0 Å². The first-order valence-electron chi connectivity index (χ1n) is 7.88. The van der Waals surface area contributed by atoms with Gasteiger partial charge in [-0.1, -0.05) is 41.4 Å². The first-order chi connectivity index (χ1) is 12.2. The number of aryl methyl sites for hydroxylation is 2. The van der Waals surface area contributed by atoms with Crippen LogP contribution in [0.15, 0.2) is 41.3 Å².